The number of amides is 2. The minimum Gasteiger partial charge on any atom is -0.393 e. The third-order valence-electron chi connectivity index (χ3n) is 1.79. The minimum atomic E-state index is -0.594. The molecule has 4 nitrogen and oxygen atoms in total. The molecule has 1 rings (SSSR count). The number of para-hydroxylation sites is 1. The zero-order valence-corrected chi connectivity index (χ0v) is 8.03. The second-order valence-electron chi connectivity index (χ2n) is 3.20. The summed E-state index contributed by atoms with van der Waals surface area (Å²) >= 11 is 0. The number of rotatable bonds is 3. The number of anilines is 1. The number of aliphatic hydroxyl groups is 1. The van der Waals surface area contributed by atoms with E-state index in [-0.39, 0.29) is 0 Å². The van der Waals surface area contributed by atoms with Crippen LogP contribution >= 0.6 is 0 Å². The minimum absolute atomic E-state index is 0.439. The summed E-state index contributed by atoms with van der Waals surface area (Å²) in [6.45, 7) is 1.70. The highest BCUT2D eigenvalue weighted by molar-refractivity contribution is 5.88. The number of aliphatic hydroxyl groups excluding tert-OH is 1. The van der Waals surface area contributed by atoms with E-state index < -0.39 is 12.1 Å². The van der Waals surface area contributed by atoms with Gasteiger partial charge in [-0.15, -0.1) is 0 Å². The Bertz CT molecular complexity index is 324. The smallest absolute Gasteiger partial charge is 0.316 e. The summed E-state index contributed by atoms with van der Waals surface area (Å²) in [6, 6.07) is 6.66. The second-order valence-corrected chi connectivity index (χ2v) is 3.20. The number of carbonyl (C=O) groups excluding carboxylic acids is 1. The largest absolute Gasteiger partial charge is 0.393 e. The molecule has 2 amide bonds. The van der Waals surface area contributed by atoms with Crippen molar-refractivity contribution in [2.45, 2.75) is 19.4 Å². The van der Waals surface area contributed by atoms with Gasteiger partial charge in [0.2, 0.25) is 0 Å². The van der Waals surface area contributed by atoms with E-state index in [1.54, 1.807) is 19.1 Å². The molecule has 0 heterocycles. The summed E-state index contributed by atoms with van der Waals surface area (Å²) in [6.07, 6.45) is 0.0574. The summed E-state index contributed by atoms with van der Waals surface area (Å²) in [5, 5.41) is 11.7. The van der Waals surface area contributed by atoms with Crippen LogP contribution in [0.1, 0.15) is 12.5 Å². The Morgan fingerprint density at radius 3 is 2.79 bits per heavy atom. The molecule has 76 valence electrons. The molecule has 1 aromatic rings. The average molecular weight is 194 g/mol. The van der Waals surface area contributed by atoms with Gasteiger partial charge >= 0.3 is 6.03 Å². The van der Waals surface area contributed by atoms with Crippen molar-refractivity contribution in [1.29, 1.82) is 0 Å². The first-order chi connectivity index (χ1) is 6.59. The molecule has 1 aromatic carbocycles. The highest BCUT2D eigenvalue weighted by Crippen LogP contribution is 2.16. The molecule has 0 aliphatic rings. The summed E-state index contributed by atoms with van der Waals surface area (Å²) in [4.78, 5) is 10.7. The SMILES string of the molecule is CC(O)Cc1ccccc1NC(N)=O. The van der Waals surface area contributed by atoms with E-state index in [9.17, 15) is 9.90 Å². The normalized spacial score (nSPS) is 12.1. The molecule has 4 heteroatoms. The molecule has 0 fully saturated rings. The van der Waals surface area contributed by atoms with Crippen molar-refractivity contribution in [2.75, 3.05) is 5.32 Å². The van der Waals surface area contributed by atoms with Gasteiger partial charge in [0.1, 0.15) is 0 Å². The Morgan fingerprint density at radius 1 is 1.57 bits per heavy atom. The lowest BCUT2D eigenvalue weighted by molar-refractivity contribution is 0.195. The second kappa shape index (κ2) is 4.62. The molecule has 0 aliphatic heterocycles. The Balaban J connectivity index is 2.85. The van der Waals surface area contributed by atoms with Gasteiger partial charge in [-0.05, 0) is 18.6 Å². The highest BCUT2D eigenvalue weighted by atomic mass is 16.3. The van der Waals surface area contributed by atoms with E-state index in [2.05, 4.69) is 5.32 Å². The number of nitrogens with two attached hydrogens (primary N) is 1. The third kappa shape index (κ3) is 3.06. The fourth-order valence-electron chi connectivity index (χ4n) is 1.27. The van der Waals surface area contributed by atoms with Crippen molar-refractivity contribution < 1.29 is 9.90 Å². The number of hydrogen-bond donors (Lipinski definition) is 3. The van der Waals surface area contributed by atoms with Crippen LogP contribution in [0.25, 0.3) is 0 Å². The van der Waals surface area contributed by atoms with Crippen molar-refractivity contribution in [3.8, 4) is 0 Å². The first kappa shape index (κ1) is 10.5. The maximum Gasteiger partial charge on any atom is 0.316 e. The van der Waals surface area contributed by atoms with E-state index in [0.29, 0.717) is 12.1 Å². The van der Waals surface area contributed by atoms with E-state index in [0.717, 1.165) is 5.56 Å². The molecule has 1 unspecified atom stereocenters. The molecular weight excluding hydrogens is 180 g/mol. The topological polar surface area (TPSA) is 75.3 Å². The Labute approximate surface area is 82.7 Å². The van der Waals surface area contributed by atoms with Crippen LogP contribution in [0.15, 0.2) is 24.3 Å². The fraction of sp³-hybridized carbons (Fsp3) is 0.300. The standard InChI is InChI=1S/C10H14N2O2/c1-7(13)6-8-4-2-3-5-9(8)12-10(11)14/h2-5,7,13H,6H2,1H3,(H3,11,12,14). The Hall–Kier alpha value is -1.55. The van der Waals surface area contributed by atoms with Gasteiger partial charge in [0, 0.05) is 12.1 Å². The zero-order chi connectivity index (χ0) is 10.6. The number of hydrogen-bond acceptors (Lipinski definition) is 2. The molecule has 0 bridgehead atoms. The zero-order valence-electron chi connectivity index (χ0n) is 8.03. The number of benzene rings is 1. The van der Waals surface area contributed by atoms with Gasteiger partial charge < -0.3 is 16.2 Å². The summed E-state index contributed by atoms with van der Waals surface area (Å²) in [7, 11) is 0. The van der Waals surface area contributed by atoms with E-state index in [4.69, 9.17) is 5.73 Å². The van der Waals surface area contributed by atoms with Crippen LogP contribution in [0.2, 0.25) is 0 Å². The van der Waals surface area contributed by atoms with Gasteiger partial charge in [0.05, 0.1) is 6.10 Å². The summed E-state index contributed by atoms with van der Waals surface area (Å²) in [5.74, 6) is 0. The van der Waals surface area contributed by atoms with Crippen molar-refractivity contribution in [3.63, 3.8) is 0 Å². The van der Waals surface area contributed by atoms with Crippen LogP contribution in [0.4, 0.5) is 10.5 Å². The highest BCUT2D eigenvalue weighted by Gasteiger charge is 2.05. The Morgan fingerprint density at radius 2 is 2.21 bits per heavy atom. The van der Waals surface area contributed by atoms with Crippen LogP contribution in [0, 0.1) is 0 Å². The first-order valence-electron chi connectivity index (χ1n) is 4.42. The fourth-order valence-corrected chi connectivity index (χ4v) is 1.27. The molecule has 0 saturated heterocycles. The van der Waals surface area contributed by atoms with E-state index >= 15 is 0 Å². The summed E-state index contributed by atoms with van der Waals surface area (Å²) < 4.78 is 0. The quantitative estimate of drug-likeness (QED) is 0.674. The van der Waals surface area contributed by atoms with Gasteiger partial charge in [-0.2, -0.15) is 0 Å². The van der Waals surface area contributed by atoms with Crippen LogP contribution in [-0.2, 0) is 6.42 Å². The number of carbonyl (C=O) groups is 1. The van der Waals surface area contributed by atoms with Gasteiger partial charge in [-0.3, -0.25) is 0 Å². The number of urea groups is 1. The molecular formula is C10H14N2O2. The van der Waals surface area contributed by atoms with Gasteiger partial charge in [0.25, 0.3) is 0 Å². The predicted octanol–water partition coefficient (Wildman–Crippen LogP) is 1.10. The molecule has 0 aliphatic carbocycles. The lowest BCUT2D eigenvalue weighted by atomic mass is 10.1. The van der Waals surface area contributed by atoms with Gasteiger partial charge in [0.15, 0.2) is 0 Å². The van der Waals surface area contributed by atoms with Crippen molar-refractivity contribution in [2.24, 2.45) is 5.73 Å². The van der Waals surface area contributed by atoms with Crippen molar-refractivity contribution >= 4 is 11.7 Å². The van der Waals surface area contributed by atoms with Gasteiger partial charge in [-0.25, -0.2) is 4.79 Å². The van der Waals surface area contributed by atoms with Crippen molar-refractivity contribution in [3.05, 3.63) is 29.8 Å². The molecule has 4 N–H and O–H groups in total. The van der Waals surface area contributed by atoms with Gasteiger partial charge in [-0.1, -0.05) is 18.2 Å². The van der Waals surface area contributed by atoms with E-state index in [1.165, 1.54) is 0 Å². The predicted molar refractivity (Wildman–Crippen MR) is 55.0 cm³/mol. The lowest BCUT2D eigenvalue weighted by Gasteiger charge is -2.10. The lowest BCUT2D eigenvalue weighted by Crippen LogP contribution is -2.20. The maximum absolute atomic E-state index is 10.7. The molecule has 0 radical (unpaired) electrons. The van der Waals surface area contributed by atoms with Crippen LogP contribution in [0.3, 0.4) is 0 Å². The van der Waals surface area contributed by atoms with Crippen LogP contribution in [0.5, 0.6) is 0 Å². The van der Waals surface area contributed by atoms with E-state index in [1.807, 2.05) is 12.1 Å². The Kier molecular flexibility index (Phi) is 3.48. The third-order valence-corrected chi connectivity index (χ3v) is 1.79. The number of primary amides is 1. The van der Waals surface area contributed by atoms with Crippen LogP contribution in [-0.4, -0.2) is 17.2 Å². The maximum atomic E-state index is 10.7. The monoisotopic (exact) mass is 194 g/mol. The number of nitrogens with one attached hydrogen (secondary N) is 1. The summed E-state index contributed by atoms with van der Waals surface area (Å²) in [5.41, 5.74) is 6.54. The molecule has 0 aromatic heterocycles. The average Bonchev–Trinajstić information content (AvgIpc) is 2.06. The molecule has 14 heavy (non-hydrogen) atoms. The molecule has 0 saturated carbocycles. The van der Waals surface area contributed by atoms with Crippen molar-refractivity contribution in [1.82, 2.24) is 0 Å². The first-order valence-corrected chi connectivity index (χ1v) is 4.42. The molecule has 0 spiro atoms. The molecule has 1 atom stereocenters. The van der Waals surface area contributed by atoms with Crippen LogP contribution < -0.4 is 11.1 Å².